The number of carbonyl (C=O) groups excluding carboxylic acids is 3. The maximum atomic E-state index is 12.6. The summed E-state index contributed by atoms with van der Waals surface area (Å²) in [4.78, 5) is 38.9. The Kier molecular flexibility index (Phi) is 3.85. The average Bonchev–Trinajstić information content (AvgIpc) is 2.53. The third kappa shape index (κ3) is 2.69. The first kappa shape index (κ1) is 15.2. The van der Waals surface area contributed by atoms with E-state index in [1.54, 1.807) is 12.1 Å². The van der Waals surface area contributed by atoms with Crippen LogP contribution in [0.5, 0.6) is 0 Å². The van der Waals surface area contributed by atoms with Gasteiger partial charge in [-0.3, -0.25) is 14.9 Å². The van der Waals surface area contributed by atoms with Gasteiger partial charge in [-0.15, -0.1) is 0 Å². The number of benzene rings is 1. The second kappa shape index (κ2) is 5.83. The van der Waals surface area contributed by atoms with Crippen LogP contribution >= 0.6 is 0 Å². The predicted molar refractivity (Wildman–Crippen MR) is 79.8 cm³/mol. The Balaban J connectivity index is 1.94. The minimum absolute atomic E-state index is 0.0645. The Morgan fingerprint density at radius 2 is 2.13 bits per heavy atom. The highest BCUT2D eigenvalue weighted by Crippen LogP contribution is 2.39. The van der Waals surface area contributed by atoms with Crippen molar-refractivity contribution in [2.24, 2.45) is 4.99 Å². The van der Waals surface area contributed by atoms with E-state index < -0.39 is 29.4 Å². The second-order valence-corrected chi connectivity index (χ2v) is 5.53. The van der Waals surface area contributed by atoms with E-state index in [2.05, 4.69) is 10.3 Å². The lowest BCUT2D eigenvalue weighted by Gasteiger charge is -2.41. The molecular formula is C16H16N2O5. The standard InChI is InChI=1S/C16H16N2O5/c1-10(19)22-9-12-7-8-16(11-5-3-2-4-6-11)13(20)17-15(21)18-14(16)23-12/h2-6,12H,7-9H2,1H3,(H,17,20,21). The molecule has 2 atom stereocenters. The Bertz CT molecular complexity index is 685. The molecule has 0 saturated carbocycles. The van der Waals surface area contributed by atoms with Gasteiger partial charge in [0.2, 0.25) is 11.8 Å². The highest BCUT2D eigenvalue weighted by atomic mass is 16.6. The number of amides is 3. The van der Waals surface area contributed by atoms with Crippen LogP contribution in [0.1, 0.15) is 25.3 Å². The Labute approximate surface area is 132 Å². The summed E-state index contributed by atoms with van der Waals surface area (Å²) < 4.78 is 10.7. The van der Waals surface area contributed by atoms with E-state index in [1.165, 1.54) is 6.92 Å². The van der Waals surface area contributed by atoms with E-state index in [4.69, 9.17) is 9.47 Å². The predicted octanol–water partition coefficient (Wildman–Crippen LogP) is 1.31. The van der Waals surface area contributed by atoms with Gasteiger partial charge in [-0.25, -0.2) is 4.79 Å². The van der Waals surface area contributed by atoms with Crippen molar-refractivity contribution in [2.45, 2.75) is 31.3 Å². The van der Waals surface area contributed by atoms with Crippen LogP contribution in [-0.4, -0.2) is 36.5 Å². The lowest BCUT2D eigenvalue weighted by molar-refractivity contribution is -0.144. The number of nitrogens with zero attached hydrogens (tertiary/aromatic N) is 1. The Morgan fingerprint density at radius 1 is 1.39 bits per heavy atom. The summed E-state index contributed by atoms with van der Waals surface area (Å²) in [5, 5.41) is 2.25. The van der Waals surface area contributed by atoms with Crippen molar-refractivity contribution in [3.05, 3.63) is 35.9 Å². The second-order valence-electron chi connectivity index (χ2n) is 5.53. The van der Waals surface area contributed by atoms with E-state index in [9.17, 15) is 14.4 Å². The van der Waals surface area contributed by atoms with E-state index in [-0.39, 0.29) is 12.5 Å². The average molecular weight is 316 g/mol. The molecule has 7 nitrogen and oxygen atoms in total. The van der Waals surface area contributed by atoms with Crippen molar-refractivity contribution < 1.29 is 23.9 Å². The number of ether oxygens (including phenoxy) is 2. The number of fused-ring (bicyclic) bond motifs is 1. The number of carbonyl (C=O) groups is 3. The molecule has 0 aromatic heterocycles. The molecular weight excluding hydrogens is 300 g/mol. The largest absolute Gasteiger partial charge is 0.473 e. The molecule has 2 unspecified atom stereocenters. The fraction of sp³-hybridized carbons (Fsp3) is 0.375. The molecule has 0 spiro atoms. The van der Waals surface area contributed by atoms with Gasteiger partial charge in [0.15, 0.2) is 5.41 Å². The third-order valence-corrected chi connectivity index (χ3v) is 4.03. The smallest absolute Gasteiger partial charge is 0.350 e. The van der Waals surface area contributed by atoms with E-state index in [0.29, 0.717) is 12.8 Å². The van der Waals surface area contributed by atoms with E-state index >= 15 is 0 Å². The number of esters is 1. The van der Waals surface area contributed by atoms with E-state index in [0.717, 1.165) is 5.56 Å². The molecule has 2 aliphatic rings. The minimum atomic E-state index is -1.11. The molecule has 2 aliphatic heterocycles. The summed E-state index contributed by atoms with van der Waals surface area (Å²) >= 11 is 0. The number of hydrogen-bond acceptors (Lipinski definition) is 5. The van der Waals surface area contributed by atoms with Crippen molar-refractivity contribution in [1.29, 1.82) is 0 Å². The minimum Gasteiger partial charge on any atom is -0.473 e. The summed E-state index contributed by atoms with van der Waals surface area (Å²) in [6.07, 6.45) is 0.497. The van der Waals surface area contributed by atoms with Gasteiger partial charge >= 0.3 is 12.0 Å². The molecule has 0 radical (unpaired) electrons. The maximum absolute atomic E-state index is 12.6. The van der Waals surface area contributed by atoms with Crippen LogP contribution in [0.4, 0.5) is 4.79 Å². The van der Waals surface area contributed by atoms with Gasteiger partial charge in [-0.1, -0.05) is 30.3 Å². The lowest BCUT2D eigenvalue weighted by atomic mass is 9.72. The third-order valence-electron chi connectivity index (χ3n) is 4.03. The van der Waals surface area contributed by atoms with Crippen LogP contribution in [0, 0.1) is 0 Å². The number of urea groups is 1. The molecule has 1 N–H and O–H groups in total. The van der Waals surface area contributed by atoms with Crippen LogP contribution < -0.4 is 5.32 Å². The van der Waals surface area contributed by atoms with Gasteiger partial charge in [-0.05, 0) is 18.4 Å². The molecule has 1 saturated heterocycles. The quantitative estimate of drug-likeness (QED) is 0.849. The number of hydrogen-bond donors (Lipinski definition) is 1. The lowest BCUT2D eigenvalue weighted by Crippen LogP contribution is -2.59. The van der Waals surface area contributed by atoms with E-state index in [1.807, 2.05) is 18.2 Å². The summed E-state index contributed by atoms with van der Waals surface area (Å²) in [6, 6.07) is 8.34. The maximum Gasteiger partial charge on any atom is 0.350 e. The fourth-order valence-corrected chi connectivity index (χ4v) is 2.91. The van der Waals surface area contributed by atoms with Gasteiger partial charge in [0.05, 0.1) is 0 Å². The zero-order chi connectivity index (χ0) is 16.4. The van der Waals surface area contributed by atoms with Crippen molar-refractivity contribution in [3.63, 3.8) is 0 Å². The van der Waals surface area contributed by atoms with Gasteiger partial charge in [0.1, 0.15) is 12.7 Å². The summed E-state index contributed by atoms with van der Waals surface area (Å²) in [5.74, 6) is -0.779. The number of rotatable bonds is 3. The molecule has 1 fully saturated rings. The molecule has 23 heavy (non-hydrogen) atoms. The first-order chi connectivity index (χ1) is 11.0. The number of imide groups is 1. The topological polar surface area (TPSA) is 94.1 Å². The molecule has 1 aromatic carbocycles. The number of nitrogens with one attached hydrogen (secondary N) is 1. The summed E-state index contributed by atoms with van der Waals surface area (Å²) in [7, 11) is 0. The van der Waals surface area contributed by atoms with Crippen molar-refractivity contribution in [2.75, 3.05) is 6.61 Å². The normalized spacial score (nSPS) is 26.5. The summed E-state index contributed by atoms with van der Waals surface area (Å²) in [5.41, 5.74) is -0.392. The molecule has 1 aromatic rings. The van der Waals surface area contributed by atoms with Crippen molar-refractivity contribution in [3.8, 4) is 0 Å². The Hall–Kier alpha value is -2.70. The van der Waals surface area contributed by atoms with Crippen LogP contribution in [0.3, 0.4) is 0 Å². The zero-order valence-corrected chi connectivity index (χ0v) is 12.6. The summed E-state index contributed by atoms with van der Waals surface area (Å²) in [6.45, 7) is 1.38. The molecule has 3 rings (SSSR count). The first-order valence-electron chi connectivity index (χ1n) is 7.32. The SMILES string of the molecule is CC(=O)OCC1CCC2(c3ccccc3)C(=O)NC(=O)N=C2O1. The van der Waals surface area contributed by atoms with Crippen LogP contribution in [-0.2, 0) is 24.5 Å². The molecule has 120 valence electrons. The first-order valence-corrected chi connectivity index (χ1v) is 7.32. The van der Waals surface area contributed by atoms with Crippen molar-refractivity contribution in [1.82, 2.24) is 5.32 Å². The molecule has 3 amide bonds. The fourth-order valence-electron chi connectivity index (χ4n) is 2.91. The van der Waals surface area contributed by atoms with Gasteiger partial charge in [0.25, 0.3) is 0 Å². The van der Waals surface area contributed by atoms with Crippen LogP contribution in [0.25, 0.3) is 0 Å². The Morgan fingerprint density at radius 3 is 2.83 bits per heavy atom. The zero-order valence-electron chi connectivity index (χ0n) is 12.6. The van der Waals surface area contributed by atoms with Gasteiger partial charge in [-0.2, -0.15) is 4.99 Å². The van der Waals surface area contributed by atoms with Crippen LogP contribution in [0.15, 0.2) is 35.3 Å². The van der Waals surface area contributed by atoms with Crippen LogP contribution in [0.2, 0.25) is 0 Å². The highest BCUT2D eigenvalue weighted by molar-refractivity contribution is 6.21. The van der Waals surface area contributed by atoms with Gasteiger partial charge < -0.3 is 9.47 Å². The number of aliphatic imine (C=N–C) groups is 1. The molecule has 7 heteroatoms. The molecule has 0 bridgehead atoms. The molecule has 0 aliphatic carbocycles. The molecule has 2 heterocycles. The van der Waals surface area contributed by atoms with Crippen molar-refractivity contribution >= 4 is 23.8 Å². The van der Waals surface area contributed by atoms with Gasteiger partial charge in [0, 0.05) is 6.92 Å². The highest BCUT2D eigenvalue weighted by Gasteiger charge is 2.53. The monoisotopic (exact) mass is 316 g/mol.